The third kappa shape index (κ3) is 3.36. The first kappa shape index (κ1) is 20.4. The molecule has 3 aliphatic rings. The molecule has 32 heavy (non-hydrogen) atoms. The van der Waals surface area contributed by atoms with Gasteiger partial charge in [-0.2, -0.15) is 0 Å². The van der Waals surface area contributed by atoms with Crippen LogP contribution in [-0.2, 0) is 0 Å². The zero-order valence-corrected chi connectivity index (χ0v) is 17.7. The maximum Gasteiger partial charge on any atom is 0.196 e. The van der Waals surface area contributed by atoms with E-state index in [-0.39, 0.29) is 29.8 Å². The van der Waals surface area contributed by atoms with Crippen molar-refractivity contribution >= 4 is 28.7 Å². The van der Waals surface area contributed by atoms with E-state index >= 15 is 0 Å². The number of carbonyl (C=O) groups is 2. The second-order valence-electron chi connectivity index (χ2n) is 8.00. The summed E-state index contributed by atoms with van der Waals surface area (Å²) in [5.41, 5.74) is 3.06. The first-order valence-electron chi connectivity index (χ1n) is 10.6. The van der Waals surface area contributed by atoms with Gasteiger partial charge >= 0.3 is 0 Å². The molecule has 1 atom stereocenters. The van der Waals surface area contributed by atoms with E-state index in [2.05, 4.69) is 5.32 Å². The Morgan fingerprint density at radius 3 is 2.59 bits per heavy atom. The van der Waals surface area contributed by atoms with Gasteiger partial charge in [-0.3, -0.25) is 9.59 Å². The fourth-order valence-corrected chi connectivity index (χ4v) is 4.24. The number of aliphatic hydroxyl groups is 1. The van der Waals surface area contributed by atoms with E-state index in [9.17, 15) is 9.59 Å². The van der Waals surface area contributed by atoms with Crippen LogP contribution in [0.25, 0.3) is 0 Å². The monoisotopic (exact) mass is 429 g/mol. The van der Waals surface area contributed by atoms with Gasteiger partial charge in [-0.25, -0.2) is 4.99 Å². The second kappa shape index (κ2) is 8.18. The maximum atomic E-state index is 13.5. The molecule has 0 amide bonds. The lowest BCUT2D eigenvalue weighted by Crippen LogP contribution is -2.31. The van der Waals surface area contributed by atoms with Crippen LogP contribution in [0.1, 0.15) is 31.8 Å². The number of carbonyl (C=O) groups excluding carboxylic acids is 2. The number of hydrogen-bond acceptors (Lipinski definition) is 7. The van der Waals surface area contributed by atoms with Crippen LogP contribution in [-0.4, -0.2) is 66.7 Å². The predicted molar refractivity (Wildman–Crippen MR) is 123 cm³/mol. The number of aliphatic imine (C=N–C) groups is 1. The number of anilines is 1. The summed E-state index contributed by atoms with van der Waals surface area (Å²) in [7, 11) is 1.91. The van der Waals surface area contributed by atoms with Gasteiger partial charge in [0.15, 0.2) is 17.7 Å². The molecule has 0 radical (unpaired) electrons. The Hall–Kier alpha value is -3.55. The zero-order valence-electron chi connectivity index (χ0n) is 17.7. The number of ketones is 2. The SMILES string of the molecule is CN(CCO)CCNc1cc2c(c3c1C(=O)c1ccccc1C3=O)N=C1C=CC=CC1O2. The van der Waals surface area contributed by atoms with Gasteiger partial charge in [-0.05, 0) is 19.2 Å². The van der Waals surface area contributed by atoms with Crippen LogP contribution in [0.15, 0.2) is 59.6 Å². The molecule has 7 nitrogen and oxygen atoms in total. The van der Waals surface area contributed by atoms with Crippen LogP contribution in [0.5, 0.6) is 5.75 Å². The van der Waals surface area contributed by atoms with Crippen LogP contribution in [0.4, 0.5) is 11.4 Å². The number of fused-ring (bicyclic) bond motifs is 5. The van der Waals surface area contributed by atoms with Crippen molar-refractivity contribution in [1.29, 1.82) is 0 Å². The molecular formula is C25H23N3O4. The Labute approximate surface area is 185 Å². The molecule has 0 saturated heterocycles. The van der Waals surface area contributed by atoms with Crippen LogP contribution in [0.3, 0.4) is 0 Å². The molecule has 0 fully saturated rings. The van der Waals surface area contributed by atoms with E-state index in [0.29, 0.717) is 59.2 Å². The number of rotatable bonds is 6. The third-order valence-electron chi connectivity index (χ3n) is 5.88. The van der Waals surface area contributed by atoms with Crippen LogP contribution in [0.2, 0.25) is 0 Å². The molecule has 1 heterocycles. The Bertz CT molecular complexity index is 1210. The Kier molecular flexibility index (Phi) is 5.20. The smallest absolute Gasteiger partial charge is 0.196 e. The summed E-state index contributed by atoms with van der Waals surface area (Å²) < 4.78 is 6.16. The minimum atomic E-state index is -0.323. The average molecular weight is 429 g/mol. The highest BCUT2D eigenvalue weighted by atomic mass is 16.5. The first-order chi connectivity index (χ1) is 15.6. The van der Waals surface area contributed by atoms with Crippen molar-refractivity contribution in [2.75, 3.05) is 38.6 Å². The van der Waals surface area contributed by atoms with Gasteiger partial charge in [0.25, 0.3) is 0 Å². The van der Waals surface area contributed by atoms with Crippen molar-refractivity contribution in [1.82, 2.24) is 4.90 Å². The lowest BCUT2D eigenvalue weighted by molar-refractivity contribution is 0.0979. The summed E-state index contributed by atoms with van der Waals surface area (Å²) in [5.74, 6) is 0.0454. The maximum absolute atomic E-state index is 13.5. The molecule has 0 bridgehead atoms. The zero-order chi connectivity index (χ0) is 22.2. The molecule has 2 aromatic carbocycles. The van der Waals surface area contributed by atoms with Crippen LogP contribution < -0.4 is 10.1 Å². The molecule has 1 aliphatic heterocycles. The molecule has 2 aromatic rings. The molecule has 1 unspecified atom stereocenters. The standard InChI is InChI=1S/C25H23N3O4/c1-28(12-13-29)11-10-26-18-14-20-23(27-17-8-4-5-9-19(17)32-20)22-21(18)24(30)15-6-2-3-7-16(15)25(22)31/h2-9,14,19,26,29H,10-13H2,1H3. The highest BCUT2D eigenvalue weighted by molar-refractivity contribution is 6.32. The largest absolute Gasteiger partial charge is 0.478 e. The lowest BCUT2D eigenvalue weighted by atomic mass is 9.81. The van der Waals surface area contributed by atoms with Gasteiger partial charge in [0.2, 0.25) is 0 Å². The summed E-state index contributed by atoms with van der Waals surface area (Å²) in [6.45, 7) is 1.82. The number of aliphatic hydroxyl groups excluding tert-OH is 1. The van der Waals surface area contributed by atoms with Crippen molar-refractivity contribution in [2.45, 2.75) is 6.10 Å². The Morgan fingerprint density at radius 1 is 1.09 bits per heavy atom. The summed E-state index contributed by atoms with van der Waals surface area (Å²) in [4.78, 5) is 33.7. The van der Waals surface area contributed by atoms with Gasteiger partial charge < -0.3 is 20.1 Å². The highest BCUT2D eigenvalue weighted by Crippen LogP contribution is 2.46. The van der Waals surface area contributed by atoms with E-state index in [0.717, 1.165) is 0 Å². The molecule has 162 valence electrons. The highest BCUT2D eigenvalue weighted by Gasteiger charge is 2.37. The van der Waals surface area contributed by atoms with E-state index in [1.54, 1.807) is 30.3 Å². The molecule has 2 aliphatic carbocycles. The first-order valence-corrected chi connectivity index (χ1v) is 10.6. The third-order valence-corrected chi connectivity index (χ3v) is 5.88. The fraction of sp³-hybridized carbons (Fsp3) is 0.240. The van der Waals surface area contributed by atoms with Crippen molar-refractivity contribution in [3.05, 3.63) is 76.9 Å². The normalized spacial score (nSPS) is 17.8. The Morgan fingerprint density at radius 2 is 1.84 bits per heavy atom. The number of likely N-dealkylation sites (N-methyl/N-ethyl adjacent to an activating group) is 1. The van der Waals surface area contributed by atoms with Gasteiger partial charge in [-0.15, -0.1) is 0 Å². The number of hydrogen-bond donors (Lipinski definition) is 2. The second-order valence-corrected chi connectivity index (χ2v) is 8.00. The van der Waals surface area contributed by atoms with E-state index in [1.165, 1.54) is 0 Å². The average Bonchev–Trinajstić information content (AvgIpc) is 2.81. The van der Waals surface area contributed by atoms with Gasteiger partial charge in [0.05, 0.1) is 23.4 Å². The van der Waals surface area contributed by atoms with Crippen LogP contribution >= 0.6 is 0 Å². The fourth-order valence-electron chi connectivity index (χ4n) is 4.24. The number of nitrogens with zero attached hydrogens (tertiary/aromatic N) is 2. The summed E-state index contributed by atoms with van der Waals surface area (Å²) in [5, 5.41) is 12.4. The summed E-state index contributed by atoms with van der Waals surface area (Å²) >= 11 is 0. The number of allylic oxidation sites excluding steroid dienone is 2. The minimum absolute atomic E-state index is 0.0754. The lowest BCUT2D eigenvalue weighted by Gasteiger charge is -2.29. The van der Waals surface area contributed by atoms with Crippen molar-refractivity contribution in [3.8, 4) is 5.75 Å². The molecule has 7 heteroatoms. The molecule has 5 rings (SSSR count). The van der Waals surface area contributed by atoms with Crippen molar-refractivity contribution < 1.29 is 19.4 Å². The van der Waals surface area contributed by atoms with Crippen molar-refractivity contribution in [3.63, 3.8) is 0 Å². The molecule has 0 spiro atoms. The quantitative estimate of drug-likeness (QED) is 0.626. The molecule has 0 saturated carbocycles. The molecule has 0 aromatic heterocycles. The predicted octanol–water partition coefficient (Wildman–Crippen LogP) is 2.76. The minimum Gasteiger partial charge on any atom is -0.478 e. The van der Waals surface area contributed by atoms with E-state index in [4.69, 9.17) is 14.8 Å². The van der Waals surface area contributed by atoms with E-state index < -0.39 is 0 Å². The molecule has 2 N–H and O–H groups in total. The summed E-state index contributed by atoms with van der Waals surface area (Å²) in [6, 6.07) is 8.65. The Balaban J connectivity index is 1.62. The number of benzene rings is 2. The van der Waals surface area contributed by atoms with E-state index in [1.807, 2.05) is 36.3 Å². The number of nitrogens with one attached hydrogen (secondary N) is 1. The summed E-state index contributed by atoms with van der Waals surface area (Å²) in [6.07, 6.45) is 7.20. The molecular weight excluding hydrogens is 406 g/mol. The topological polar surface area (TPSA) is 91.2 Å². The van der Waals surface area contributed by atoms with Gasteiger partial charge in [0.1, 0.15) is 11.4 Å². The van der Waals surface area contributed by atoms with Crippen molar-refractivity contribution in [2.24, 2.45) is 4.99 Å². The van der Waals surface area contributed by atoms with Gasteiger partial charge in [-0.1, -0.05) is 36.4 Å². The van der Waals surface area contributed by atoms with Gasteiger partial charge in [0, 0.05) is 42.5 Å². The van der Waals surface area contributed by atoms with Crippen LogP contribution in [0, 0.1) is 0 Å². The number of ether oxygens (including phenoxy) is 1.